The molecular weight excluding hydrogens is 640 g/mol. The standard InChI is InChI=1S/C30H33Cl4N3O4S/c1-4-6-16-35-30(39)27(5-2)36(18-23-24(32)8-7-9-25(23)33)29(38)19-37(28-17-21(31)12-15-26(28)34)42(40,41)22-13-10-20(3)11-14-22/h7-15,17,27H,4-6,16,18-19H2,1-3H3,(H,35,39)/t27-/m1/s1. The summed E-state index contributed by atoms with van der Waals surface area (Å²) in [6.45, 7) is 5.25. The fourth-order valence-electron chi connectivity index (χ4n) is 4.31. The average molecular weight is 673 g/mol. The number of hydrogen-bond donors (Lipinski definition) is 1. The molecule has 0 fully saturated rings. The molecule has 0 unspecified atom stereocenters. The van der Waals surface area contributed by atoms with Crippen molar-refractivity contribution in [3.05, 3.63) is 91.9 Å². The maximum absolute atomic E-state index is 14.2. The van der Waals surface area contributed by atoms with E-state index >= 15 is 0 Å². The van der Waals surface area contributed by atoms with Crippen LogP contribution in [0, 0.1) is 6.92 Å². The molecule has 0 aliphatic carbocycles. The summed E-state index contributed by atoms with van der Waals surface area (Å²) in [5.74, 6) is -1.02. The molecule has 0 bridgehead atoms. The summed E-state index contributed by atoms with van der Waals surface area (Å²) in [5.41, 5.74) is 1.32. The van der Waals surface area contributed by atoms with E-state index in [-0.39, 0.29) is 39.5 Å². The van der Waals surface area contributed by atoms with E-state index in [1.165, 1.54) is 35.2 Å². The Balaban J connectivity index is 2.12. The van der Waals surface area contributed by atoms with Gasteiger partial charge in [-0.05, 0) is 62.2 Å². The number of carbonyl (C=O) groups is 2. The van der Waals surface area contributed by atoms with Crippen LogP contribution in [0.2, 0.25) is 20.1 Å². The van der Waals surface area contributed by atoms with Crippen LogP contribution in [-0.4, -0.2) is 44.3 Å². The molecule has 0 radical (unpaired) electrons. The van der Waals surface area contributed by atoms with Crippen molar-refractivity contribution in [2.75, 3.05) is 17.4 Å². The number of rotatable bonds is 13. The molecule has 1 atom stereocenters. The van der Waals surface area contributed by atoms with Gasteiger partial charge in [0.25, 0.3) is 10.0 Å². The zero-order valence-electron chi connectivity index (χ0n) is 23.5. The monoisotopic (exact) mass is 671 g/mol. The van der Waals surface area contributed by atoms with Crippen LogP contribution in [-0.2, 0) is 26.2 Å². The Bertz CT molecular complexity index is 1500. The smallest absolute Gasteiger partial charge is 0.264 e. The van der Waals surface area contributed by atoms with Crippen LogP contribution in [0.5, 0.6) is 0 Å². The Morgan fingerprint density at radius 2 is 1.55 bits per heavy atom. The molecular formula is C30H33Cl4N3O4S. The molecule has 3 aromatic rings. The molecule has 0 saturated heterocycles. The van der Waals surface area contributed by atoms with Crippen LogP contribution >= 0.6 is 46.4 Å². The molecule has 0 aliphatic rings. The average Bonchev–Trinajstić information content (AvgIpc) is 2.94. The van der Waals surface area contributed by atoms with Crippen molar-refractivity contribution in [2.45, 2.75) is 57.5 Å². The van der Waals surface area contributed by atoms with Gasteiger partial charge in [-0.15, -0.1) is 0 Å². The third-order valence-electron chi connectivity index (χ3n) is 6.67. The molecule has 7 nitrogen and oxygen atoms in total. The van der Waals surface area contributed by atoms with E-state index in [4.69, 9.17) is 46.4 Å². The molecule has 0 aliphatic heterocycles. The highest BCUT2D eigenvalue weighted by Gasteiger charge is 2.35. The topological polar surface area (TPSA) is 86.8 Å². The predicted molar refractivity (Wildman–Crippen MR) is 171 cm³/mol. The van der Waals surface area contributed by atoms with Crippen molar-refractivity contribution in [3.63, 3.8) is 0 Å². The summed E-state index contributed by atoms with van der Waals surface area (Å²) in [6.07, 6.45) is 1.90. The number of aryl methyl sites for hydroxylation is 1. The summed E-state index contributed by atoms with van der Waals surface area (Å²) in [7, 11) is -4.31. The first-order chi connectivity index (χ1) is 19.9. The molecule has 0 heterocycles. The molecule has 3 rings (SSSR count). The minimum absolute atomic E-state index is 0.0225. The maximum atomic E-state index is 14.2. The quantitative estimate of drug-likeness (QED) is 0.190. The van der Waals surface area contributed by atoms with Gasteiger partial charge >= 0.3 is 0 Å². The number of unbranched alkanes of at least 4 members (excludes halogenated alkanes) is 1. The Morgan fingerprint density at radius 1 is 0.905 bits per heavy atom. The molecule has 0 aromatic heterocycles. The second-order valence-corrected chi connectivity index (χ2v) is 13.2. The zero-order valence-corrected chi connectivity index (χ0v) is 27.4. The number of sulfonamides is 1. The lowest BCUT2D eigenvalue weighted by Crippen LogP contribution is -2.52. The number of hydrogen-bond acceptors (Lipinski definition) is 4. The summed E-state index contributed by atoms with van der Waals surface area (Å²) in [6, 6.07) is 14.6. The summed E-state index contributed by atoms with van der Waals surface area (Å²) in [5, 5.41) is 3.80. The highest BCUT2D eigenvalue weighted by atomic mass is 35.5. The number of nitrogens with one attached hydrogen (secondary N) is 1. The number of nitrogens with zero attached hydrogens (tertiary/aromatic N) is 2. The van der Waals surface area contributed by atoms with Crippen molar-refractivity contribution >= 4 is 73.9 Å². The van der Waals surface area contributed by atoms with Crippen molar-refractivity contribution in [1.82, 2.24) is 10.2 Å². The van der Waals surface area contributed by atoms with Gasteiger partial charge in [-0.2, -0.15) is 0 Å². The molecule has 42 heavy (non-hydrogen) atoms. The predicted octanol–water partition coefficient (Wildman–Crippen LogP) is 7.53. The van der Waals surface area contributed by atoms with Gasteiger partial charge in [-0.1, -0.05) is 90.4 Å². The third-order valence-corrected chi connectivity index (χ3v) is 9.71. The molecule has 12 heteroatoms. The summed E-state index contributed by atoms with van der Waals surface area (Å²) >= 11 is 25.6. The first kappa shape index (κ1) is 34.0. The third kappa shape index (κ3) is 8.32. The second kappa shape index (κ2) is 15.3. The van der Waals surface area contributed by atoms with Crippen LogP contribution in [0.15, 0.2) is 65.6 Å². The molecule has 2 amide bonds. The lowest BCUT2D eigenvalue weighted by molar-refractivity contribution is -0.140. The van der Waals surface area contributed by atoms with Gasteiger partial charge in [0, 0.05) is 33.7 Å². The lowest BCUT2D eigenvalue weighted by atomic mass is 10.1. The Morgan fingerprint density at radius 3 is 2.14 bits per heavy atom. The number of halogens is 4. The molecule has 226 valence electrons. The minimum Gasteiger partial charge on any atom is -0.354 e. The van der Waals surface area contributed by atoms with Crippen molar-refractivity contribution < 1.29 is 18.0 Å². The normalized spacial score (nSPS) is 12.1. The van der Waals surface area contributed by atoms with Gasteiger partial charge in [-0.3, -0.25) is 13.9 Å². The molecule has 3 aromatic carbocycles. The lowest BCUT2D eigenvalue weighted by Gasteiger charge is -2.33. The Kier molecular flexibility index (Phi) is 12.4. The van der Waals surface area contributed by atoms with Gasteiger partial charge < -0.3 is 10.2 Å². The SMILES string of the molecule is CCCCNC(=O)[C@@H](CC)N(Cc1c(Cl)cccc1Cl)C(=O)CN(c1cc(Cl)ccc1Cl)S(=O)(=O)c1ccc(C)cc1. The van der Waals surface area contributed by atoms with Gasteiger partial charge in [0.15, 0.2) is 0 Å². The number of anilines is 1. The fourth-order valence-corrected chi connectivity index (χ4v) is 6.69. The second-order valence-electron chi connectivity index (χ2n) is 9.71. The van der Waals surface area contributed by atoms with Gasteiger partial charge in [0.2, 0.25) is 11.8 Å². The van der Waals surface area contributed by atoms with E-state index < -0.39 is 28.5 Å². The summed E-state index contributed by atoms with van der Waals surface area (Å²) < 4.78 is 28.9. The largest absolute Gasteiger partial charge is 0.354 e. The van der Waals surface area contributed by atoms with Crippen molar-refractivity contribution in [2.24, 2.45) is 0 Å². The first-order valence-corrected chi connectivity index (χ1v) is 16.4. The highest BCUT2D eigenvalue weighted by Crippen LogP contribution is 2.34. The van der Waals surface area contributed by atoms with E-state index in [9.17, 15) is 18.0 Å². The van der Waals surface area contributed by atoms with E-state index in [2.05, 4.69) is 5.32 Å². The van der Waals surface area contributed by atoms with E-state index in [0.29, 0.717) is 22.2 Å². The van der Waals surface area contributed by atoms with Gasteiger partial charge in [-0.25, -0.2) is 8.42 Å². The maximum Gasteiger partial charge on any atom is 0.264 e. The summed E-state index contributed by atoms with van der Waals surface area (Å²) in [4.78, 5) is 28.8. The number of carbonyl (C=O) groups excluding carboxylic acids is 2. The van der Waals surface area contributed by atoms with Crippen LogP contribution < -0.4 is 9.62 Å². The van der Waals surface area contributed by atoms with Crippen LogP contribution in [0.3, 0.4) is 0 Å². The van der Waals surface area contributed by atoms with Crippen LogP contribution in [0.4, 0.5) is 5.69 Å². The fraction of sp³-hybridized carbons (Fsp3) is 0.333. The van der Waals surface area contributed by atoms with E-state index in [1.807, 2.05) is 13.8 Å². The first-order valence-electron chi connectivity index (χ1n) is 13.4. The zero-order chi connectivity index (χ0) is 31.0. The minimum atomic E-state index is -4.31. The van der Waals surface area contributed by atoms with Crippen LogP contribution in [0.25, 0.3) is 0 Å². The van der Waals surface area contributed by atoms with Gasteiger partial charge in [0.05, 0.1) is 15.6 Å². The van der Waals surface area contributed by atoms with Crippen molar-refractivity contribution in [3.8, 4) is 0 Å². The Hall–Kier alpha value is -2.49. The number of amides is 2. The van der Waals surface area contributed by atoms with Gasteiger partial charge in [0.1, 0.15) is 12.6 Å². The highest BCUT2D eigenvalue weighted by molar-refractivity contribution is 7.92. The van der Waals surface area contributed by atoms with Crippen LogP contribution in [0.1, 0.15) is 44.2 Å². The van der Waals surface area contributed by atoms with Crippen molar-refractivity contribution in [1.29, 1.82) is 0 Å². The molecule has 0 saturated carbocycles. The Labute approximate surface area is 267 Å². The molecule has 0 spiro atoms. The number of benzene rings is 3. The van der Waals surface area contributed by atoms with E-state index in [0.717, 1.165) is 22.7 Å². The van der Waals surface area contributed by atoms with E-state index in [1.54, 1.807) is 37.3 Å². The molecule has 1 N–H and O–H groups in total.